The van der Waals surface area contributed by atoms with Gasteiger partial charge < -0.3 is 20.1 Å². The number of ether oxygens (including phenoxy) is 2. The lowest BCUT2D eigenvalue weighted by molar-refractivity contribution is -0.120. The Morgan fingerprint density at radius 3 is 3.00 bits per heavy atom. The van der Waals surface area contributed by atoms with Gasteiger partial charge in [-0.1, -0.05) is 17.7 Å². The van der Waals surface area contributed by atoms with Crippen molar-refractivity contribution in [3.63, 3.8) is 0 Å². The molecule has 0 radical (unpaired) electrons. The van der Waals surface area contributed by atoms with E-state index in [4.69, 9.17) is 21.1 Å². The van der Waals surface area contributed by atoms with Crippen LogP contribution in [0.25, 0.3) is 0 Å². The van der Waals surface area contributed by atoms with Crippen LogP contribution >= 0.6 is 11.6 Å². The molecule has 0 aliphatic carbocycles. The van der Waals surface area contributed by atoms with Gasteiger partial charge in [0.15, 0.2) is 5.75 Å². The van der Waals surface area contributed by atoms with Crippen molar-refractivity contribution >= 4 is 23.2 Å². The molecule has 2 N–H and O–H groups in total. The molecule has 128 valence electrons. The zero-order valence-electron chi connectivity index (χ0n) is 13.7. The largest absolute Gasteiger partial charge is 0.487 e. The van der Waals surface area contributed by atoms with E-state index >= 15 is 0 Å². The molecule has 1 saturated heterocycles. The number of halogens is 1. The van der Waals surface area contributed by atoms with Gasteiger partial charge in [-0.15, -0.1) is 0 Å². The fourth-order valence-electron chi connectivity index (χ4n) is 2.71. The first kappa shape index (κ1) is 18.0. The maximum atomic E-state index is 12.5. The van der Waals surface area contributed by atoms with E-state index in [0.29, 0.717) is 42.3 Å². The molecular weight excluding hydrogens is 316 g/mol. The molecule has 6 heteroatoms. The molecule has 0 aromatic heterocycles. The number of piperidine rings is 1. The topological polar surface area (TPSA) is 59.6 Å². The summed E-state index contributed by atoms with van der Waals surface area (Å²) in [7, 11) is 0. The molecule has 1 fully saturated rings. The summed E-state index contributed by atoms with van der Waals surface area (Å²) in [5.41, 5.74) is 0.616. The molecule has 0 saturated carbocycles. The van der Waals surface area contributed by atoms with Crippen LogP contribution in [0.3, 0.4) is 0 Å². The number of anilines is 1. The molecule has 0 spiro atoms. The molecule has 1 aliphatic heterocycles. The Morgan fingerprint density at radius 2 is 2.26 bits per heavy atom. The van der Waals surface area contributed by atoms with Crippen molar-refractivity contribution in [1.29, 1.82) is 0 Å². The molecule has 0 bridgehead atoms. The zero-order chi connectivity index (χ0) is 16.7. The van der Waals surface area contributed by atoms with Gasteiger partial charge in [-0.05, 0) is 45.4 Å². The number of para-hydroxylation sites is 1. The zero-order valence-corrected chi connectivity index (χ0v) is 14.5. The minimum absolute atomic E-state index is 0.0153. The van der Waals surface area contributed by atoms with Crippen LogP contribution < -0.4 is 15.4 Å². The number of hydrogen-bond donors (Lipinski definition) is 2. The van der Waals surface area contributed by atoms with Crippen LogP contribution in [0.2, 0.25) is 5.02 Å². The fourth-order valence-corrected chi connectivity index (χ4v) is 2.93. The summed E-state index contributed by atoms with van der Waals surface area (Å²) in [5.74, 6) is 0.543. The average Bonchev–Trinajstić information content (AvgIpc) is 2.53. The van der Waals surface area contributed by atoms with Crippen molar-refractivity contribution < 1.29 is 14.3 Å². The molecule has 23 heavy (non-hydrogen) atoms. The number of carbonyl (C=O) groups excluding carboxylic acids is 1. The third kappa shape index (κ3) is 5.37. The SMILES string of the molecule is CCOCCOc1c(Cl)cccc1NC(=O)[C@H]1CCN[C@@H](C)C1. The van der Waals surface area contributed by atoms with Crippen molar-refractivity contribution in [3.05, 3.63) is 23.2 Å². The number of carbonyl (C=O) groups is 1. The highest BCUT2D eigenvalue weighted by atomic mass is 35.5. The van der Waals surface area contributed by atoms with Gasteiger partial charge in [-0.3, -0.25) is 4.79 Å². The minimum Gasteiger partial charge on any atom is -0.487 e. The van der Waals surface area contributed by atoms with Crippen LogP contribution in [0.15, 0.2) is 18.2 Å². The fraction of sp³-hybridized carbons (Fsp3) is 0.588. The molecule has 2 atom stereocenters. The number of amides is 1. The lowest BCUT2D eigenvalue weighted by atomic mass is 9.92. The predicted octanol–water partition coefficient (Wildman–Crippen LogP) is 3.08. The summed E-state index contributed by atoms with van der Waals surface area (Å²) in [5, 5.41) is 6.80. The first-order chi connectivity index (χ1) is 11.1. The van der Waals surface area contributed by atoms with Crippen LogP contribution in [0.5, 0.6) is 5.75 Å². The smallest absolute Gasteiger partial charge is 0.227 e. The van der Waals surface area contributed by atoms with Gasteiger partial charge in [-0.25, -0.2) is 0 Å². The van der Waals surface area contributed by atoms with Gasteiger partial charge in [0, 0.05) is 18.6 Å². The molecule has 1 aliphatic rings. The van der Waals surface area contributed by atoms with E-state index in [2.05, 4.69) is 17.6 Å². The van der Waals surface area contributed by atoms with Gasteiger partial charge in [0.05, 0.1) is 17.3 Å². The Labute approximate surface area is 142 Å². The summed E-state index contributed by atoms with van der Waals surface area (Å²) in [6.07, 6.45) is 1.68. The van der Waals surface area contributed by atoms with Crippen molar-refractivity contribution in [1.82, 2.24) is 5.32 Å². The summed E-state index contributed by atoms with van der Waals surface area (Å²) >= 11 is 6.21. The predicted molar refractivity (Wildman–Crippen MR) is 92.3 cm³/mol. The molecular formula is C17H25ClN2O3. The van der Waals surface area contributed by atoms with E-state index in [0.717, 1.165) is 19.4 Å². The second kappa shape index (κ2) is 9.11. The third-order valence-corrected chi connectivity index (χ3v) is 4.20. The second-order valence-electron chi connectivity index (χ2n) is 5.73. The van der Waals surface area contributed by atoms with E-state index in [1.807, 2.05) is 13.0 Å². The number of nitrogens with one attached hydrogen (secondary N) is 2. The van der Waals surface area contributed by atoms with Crippen LogP contribution in [-0.2, 0) is 9.53 Å². The van der Waals surface area contributed by atoms with E-state index < -0.39 is 0 Å². The first-order valence-electron chi connectivity index (χ1n) is 8.15. The number of hydrogen-bond acceptors (Lipinski definition) is 4. The normalized spacial score (nSPS) is 21.0. The monoisotopic (exact) mass is 340 g/mol. The van der Waals surface area contributed by atoms with Gasteiger partial charge in [0.2, 0.25) is 5.91 Å². The van der Waals surface area contributed by atoms with Gasteiger partial charge in [0.25, 0.3) is 0 Å². The number of rotatable bonds is 7. The Kier molecular flexibility index (Phi) is 7.15. The lowest BCUT2D eigenvalue weighted by Crippen LogP contribution is -2.40. The standard InChI is InChI=1S/C17H25ClN2O3/c1-3-22-9-10-23-16-14(18)5-4-6-15(16)20-17(21)13-7-8-19-12(2)11-13/h4-6,12-13,19H,3,7-11H2,1-2H3,(H,20,21)/t12-,13-/m0/s1. The average molecular weight is 341 g/mol. The lowest BCUT2D eigenvalue weighted by Gasteiger charge is -2.27. The third-order valence-electron chi connectivity index (χ3n) is 3.90. The maximum absolute atomic E-state index is 12.5. The van der Waals surface area contributed by atoms with Crippen LogP contribution in [0.4, 0.5) is 5.69 Å². The summed E-state index contributed by atoms with van der Waals surface area (Å²) in [6, 6.07) is 5.73. The molecule has 1 amide bonds. The van der Waals surface area contributed by atoms with Gasteiger partial charge >= 0.3 is 0 Å². The van der Waals surface area contributed by atoms with E-state index in [-0.39, 0.29) is 11.8 Å². The summed E-state index contributed by atoms with van der Waals surface area (Å²) < 4.78 is 11.0. The Balaban J connectivity index is 2.00. The molecule has 1 aromatic carbocycles. The summed E-state index contributed by atoms with van der Waals surface area (Å²) in [6.45, 7) is 6.42. The van der Waals surface area contributed by atoms with Gasteiger partial charge in [0.1, 0.15) is 6.61 Å². The molecule has 2 rings (SSSR count). The van der Waals surface area contributed by atoms with Crippen molar-refractivity contribution in [2.75, 3.05) is 31.7 Å². The van der Waals surface area contributed by atoms with Crippen LogP contribution in [-0.4, -0.2) is 38.3 Å². The molecule has 1 heterocycles. The number of benzene rings is 1. The van der Waals surface area contributed by atoms with Gasteiger partial charge in [-0.2, -0.15) is 0 Å². The van der Waals surface area contributed by atoms with E-state index in [9.17, 15) is 4.79 Å². The Morgan fingerprint density at radius 1 is 1.43 bits per heavy atom. The van der Waals surface area contributed by atoms with E-state index in [1.165, 1.54) is 0 Å². The van der Waals surface area contributed by atoms with E-state index in [1.54, 1.807) is 12.1 Å². The van der Waals surface area contributed by atoms with Crippen molar-refractivity contribution in [2.45, 2.75) is 32.7 Å². The van der Waals surface area contributed by atoms with Crippen LogP contribution in [0.1, 0.15) is 26.7 Å². The maximum Gasteiger partial charge on any atom is 0.227 e. The first-order valence-corrected chi connectivity index (χ1v) is 8.53. The van der Waals surface area contributed by atoms with Crippen molar-refractivity contribution in [3.8, 4) is 5.75 Å². The quantitative estimate of drug-likeness (QED) is 0.749. The second-order valence-corrected chi connectivity index (χ2v) is 6.13. The highest BCUT2D eigenvalue weighted by molar-refractivity contribution is 6.32. The minimum atomic E-state index is 0.0153. The molecule has 1 aromatic rings. The van der Waals surface area contributed by atoms with Crippen molar-refractivity contribution in [2.24, 2.45) is 5.92 Å². The highest BCUT2D eigenvalue weighted by Crippen LogP contribution is 2.33. The molecule has 0 unspecified atom stereocenters. The van der Waals surface area contributed by atoms with Crippen LogP contribution in [0, 0.1) is 5.92 Å². The summed E-state index contributed by atoms with van der Waals surface area (Å²) in [4.78, 5) is 12.5. The Bertz CT molecular complexity index is 525. The molecule has 5 nitrogen and oxygen atoms in total. The Hall–Kier alpha value is -1.30. The highest BCUT2D eigenvalue weighted by Gasteiger charge is 2.25.